The Morgan fingerprint density at radius 1 is 1.03 bits per heavy atom. The van der Waals surface area contributed by atoms with E-state index in [2.05, 4.69) is 11.6 Å². The minimum Gasteiger partial charge on any atom is -0.268 e. The SMILES string of the molecule is C=CC(=Cc1cccc(Cl)c1)c1cc2ccccc2c(=O)n1-c1ccc(C(F)(F)F)cn1. The first-order valence-corrected chi connectivity index (χ1v) is 9.94. The van der Waals surface area contributed by atoms with Gasteiger partial charge in [0.2, 0.25) is 0 Å². The molecule has 160 valence electrons. The molecular weight excluding hydrogens is 437 g/mol. The average Bonchev–Trinajstić information content (AvgIpc) is 2.77. The van der Waals surface area contributed by atoms with Crippen molar-refractivity contribution in [2.45, 2.75) is 6.18 Å². The monoisotopic (exact) mass is 452 g/mol. The Labute approximate surface area is 186 Å². The number of fused-ring (bicyclic) bond motifs is 1. The van der Waals surface area contributed by atoms with Crippen molar-refractivity contribution in [3.05, 3.63) is 118 Å². The molecule has 0 saturated carbocycles. The number of allylic oxidation sites excluding steroid dienone is 2. The Bertz CT molecular complexity index is 1400. The van der Waals surface area contributed by atoms with Gasteiger partial charge in [-0.1, -0.05) is 54.6 Å². The van der Waals surface area contributed by atoms with Gasteiger partial charge in [-0.15, -0.1) is 0 Å². The van der Waals surface area contributed by atoms with Gasteiger partial charge < -0.3 is 0 Å². The van der Waals surface area contributed by atoms with Gasteiger partial charge in [0.15, 0.2) is 0 Å². The molecule has 4 rings (SSSR count). The van der Waals surface area contributed by atoms with E-state index in [0.29, 0.717) is 27.1 Å². The van der Waals surface area contributed by atoms with Crippen LogP contribution in [0.5, 0.6) is 0 Å². The third-order valence-electron chi connectivity index (χ3n) is 4.92. The summed E-state index contributed by atoms with van der Waals surface area (Å²) in [6.45, 7) is 3.86. The molecule has 0 radical (unpaired) electrons. The number of nitrogens with zero attached hydrogens (tertiary/aromatic N) is 2. The molecule has 0 atom stereocenters. The van der Waals surface area contributed by atoms with E-state index in [0.717, 1.165) is 17.8 Å². The van der Waals surface area contributed by atoms with Crippen LogP contribution in [0, 0.1) is 0 Å². The Balaban J connectivity index is 1.99. The number of rotatable bonds is 4. The van der Waals surface area contributed by atoms with Gasteiger partial charge in [0.1, 0.15) is 5.82 Å². The average molecular weight is 453 g/mol. The molecule has 0 bridgehead atoms. The Morgan fingerprint density at radius 3 is 2.47 bits per heavy atom. The second-order valence-corrected chi connectivity index (χ2v) is 7.46. The van der Waals surface area contributed by atoms with Gasteiger partial charge in [-0.3, -0.25) is 9.36 Å². The van der Waals surface area contributed by atoms with Crippen LogP contribution in [0.3, 0.4) is 0 Å². The van der Waals surface area contributed by atoms with Crippen molar-refractivity contribution in [1.29, 1.82) is 0 Å². The lowest BCUT2D eigenvalue weighted by molar-refractivity contribution is -0.137. The van der Waals surface area contributed by atoms with Crippen LogP contribution in [-0.4, -0.2) is 9.55 Å². The summed E-state index contributed by atoms with van der Waals surface area (Å²) in [6.07, 6.45) is -0.440. The molecule has 0 unspecified atom stereocenters. The predicted octanol–water partition coefficient (Wildman–Crippen LogP) is 6.78. The largest absolute Gasteiger partial charge is 0.417 e. The number of hydrogen-bond donors (Lipinski definition) is 0. The quantitative estimate of drug-likeness (QED) is 0.320. The maximum Gasteiger partial charge on any atom is 0.417 e. The fourth-order valence-corrected chi connectivity index (χ4v) is 3.60. The standard InChI is InChI=1S/C25H16ClF3N2O/c1-2-17(12-16-6-5-8-20(26)13-16)22-14-18-7-3-4-9-21(18)24(32)31(22)23-11-10-19(15-30-23)25(27,28)29/h2-15H,1H2. The Morgan fingerprint density at radius 2 is 1.81 bits per heavy atom. The van der Waals surface area contributed by atoms with Crippen LogP contribution in [0.2, 0.25) is 5.02 Å². The second kappa shape index (κ2) is 8.48. The molecule has 0 aliphatic rings. The molecule has 0 aliphatic heterocycles. The third kappa shape index (κ3) is 4.22. The van der Waals surface area contributed by atoms with Crippen molar-refractivity contribution in [2.75, 3.05) is 0 Å². The lowest BCUT2D eigenvalue weighted by atomic mass is 10.0. The zero-order valence-corrected chi connectivity index (χ0v) is 17.4. The van der Waals surface area contributed by atoms with Gasteiger partial charge in [-0.25, -0.2) is 4.98 Å². The number of hydrogen-bond acceptors (Lipinski definition) is 2. The van der Waals surface area contributed by atoms with Crippen LogP contribution in [0.15, 0.2) is 90.4 Å². The zero-order valence-electron chi connectivity index (χ0n) is 16.6. The molecule has 2 aromatic carbocycles. The maximum absolute atomic E-state index is 13.4. The van der Waals surface area contributed by atoms with Gasteiger partial charge in [0.05, 0.1) is 11.3 Å². The van der Waals surface area contributed by atoms with E-state index >= 15 is 0 Å². The predicted molar refractivity (Wildman–Crippen MR) is 122 cm³/mol. The highest BCUT2D eigenvalue weighted by molar-refractivity contribution is 6.30. The molecule has 7 heteroatoms. The first-order chi connectivity index (χ1) is 15.3. The maximum atomic E-state index is 13.4. The van der Waals surface area contributed by atoms with Crippen molar-refractivity contribution in [2.24, 2.45) is 0 Å². The molecule has 0 fully saturated rings. The smallest absolute Gasteiger partial charge is 0.268 e. The number of halogens is 4. The minimum absolute atomic E-state index is 0.0718. The zero-order chi connectivity index (χ0) is 22.9. The summed E-state index contributed by atoms with van der Waals surface area (Å²) in [5.41, 5.74) is 0.506. The van der Waals surface area contributed by atoms with Crippen LogP contribution in [0.1, 0.15) is 16.8 Å². The van der Waals surface area contributed by atoms with Crippen LogP contribution in [0.4, 0.5) is 13.2 Å². The highest BCUT2D eigenvalue weighted by atomic mass is 35.5. The van der Waals surface area contributed by atoms with E-state index < -0.39 is 17.3 Å². The molecule has 3 nitrogen and oxygen atoms in total. The van der Waals surface area contributed by atoms with Gasteiger partial charge in [0, 0.05) is 16.6 Å². The van der Waals surface area contributed by atoms with Gasteiger partial charge >= 0.3 is 6.18 Å². The topological polar surface area (TPSA) is 34.9 Å². The van der Waals surface area contributed by atoms with E-state index in [1.54, 1.807) is 60.7 Å². The summed E-state index contributed by atoms with van der Waals surface area (Å²) in [5.74, 6) is 0.0718. The summed E-state index contributed by atoms with van der Waals surface area (Å²) in [7, 11) is 0. The first-order valence-electron chi connectivity index (χ1n) is 9.56. The van der Waals surface area contributed by atoms with Crippen molar-refractivity contribution in [3.8, 4) is 5.82 Å². The molecular formula is C25H16ClF3N2O. The second-order valence-electron chi connectivity index (χ2n) is 7.02. The highest BCUT2D eigenvalue weighted by Gasteiger charge is 2.30. The third-order valence-corrected chi connectivity index (χ3v) is 5.15. The van der Waals surface area contributed by atoms with Gasteiger partial charge in [0.25, 0.3) is 5.56 Å². The fourth-order valence-electron chi connectivity index (χ4n) is 3.40. The molecule has 4 aromatic rings. The molecule has 0 saturated heterocycles. The lowest BCUT2D eigenvalue weighted by Gasteiger charge is -2.16. The number of benzene rings is 2. The van der Waals surface area contributed by atoms with Crippen molar-refractivity contribution < 1.29 is 13.2 Å². The Kier molecular flexibility index (Phi) is 5.72. The van der Waals surface area contributed by atoms with Crippen LogP contribution < -0.4 is 5.56 Å². The summed E-state index contributed by atoms with van der Waals surface area (Å²) in [5, 5.41) is 1.65. The summed E-state index contributed by atoms with van der Waals surface area (Å²) >= 11 is 6.09. The number of alkyl halides is 3. The summed E-state index contributed by atoms with van der Waals surface area (Å²) in [6, 6.07) is 18.0. The normalized spacial score (nSPS) is 12.2. The van der Waals surface area contributed by atoms with Gasteiger partial charge in [-0.05, 0) is 59.0 Å². The molecule has 2 aromatic heterocycles. The summed E-state index contributed by atoms with van der Waals surface area (Å²) in [4.78, 5) is 17.3. The fraction of sp³-hybridized carbons (Fsp3) is 0.0400. The highest BCUT2D eigenvalue weighted by Crippen LogP contribution is 2.30. The number of aromatic nitrogens is 2. The number of pyridine rings is 2. The molecule has 0 aliphatic carbocycles. The van der Waals surface area contributed by atoms with Crippen LogP contribution in [-0.2, 0) is 6.18 Å². The van der Waals surface area contributed by atoms with E-state index in [4.69, 9.17) is 11.6 Å². The van der Waals surface area contributed by atoms with Crippen LogP contribution in [0.25, 0.3) is 28.2 Å². The van der Waals surface area contributed by atoms with E-state index in [-0.39, 0.29) is 5.82 Å². The van der Waals surface area contributed by atoms with E-state index in [1.807, 2.05) is 6.07 Å². The van der Waals surface area contributed by atoms with Crippen molar-refractivity contribution in [1.82, 2.24) is 9.55 Å². The Hall–Kier alpha value is -3.64. The van der Waals surface area contributed by atoms with E-state index in [1.165, 1.54) is 10.6 Å². The van der Waals surface area contributed by atoms with Crippen LogP contribution >= 0.6 is 11.6 Å². The molecule has 2 heterocycles. The summed E-state index contributed by atoms with van der Waals surface area (Å²) < 4.78 is 40.3. The molecule has 0 N–H and O–H groups in total. The first kappa shape index (κ1) is 21.6. The van der Waals surface area contributed by atoms with E-state index in [9.17, 15) is 18.0 Å². The molecule has 32 heavy (non-hydrogen) atoms. The van der Waals surface area contributed by atoms with Crippen molar-refractivity contribution in [3.63, 3.8) is 0 Å². The minimum atomic E-state index is -4.53. The molecule has 0 amide bonds. The lowest BCUT2D eigenvalue weighted by Crippen LogP contribution is -2.23. The van der Waals surface area contributed by atoms with Crippen molar-refractivity contribution >= 4 is 34.0 Å². The van der Waals surface area contributed by atoms with Gasteiger partial charge in [-0.2, -0.15) is 13.2 Å². The molecule has 0 spiro atoms.